The fourth-order valence-electron chi connectivity index (χ4n) is 2.15. The standard InChI is InChI=1S/C14H14N6O3/c1-19-13-12(17-18-19)14(22)20(8-15-13)7-11(21)16-9-5-3-4-6-10(9)23-2/h3-6,8H,7H2,1-2H3,(H,16,21). The molecule has 9 heteroatoms. The van der Waals surface area contributed by atoms with Crippen LogP contribution in [-0.2, 0) is 18.4 Å². The molecule has 23 heavy (non-hydrogen) atoms. The van der Waals surface area contributed by atoms with Crippen LogP contribution in [0.4, 0.5) is 5.69 Å². The van der Waals surface area contributed by atoms with Crippen LogP contribution in [0.5, 0.6) is 5.75 Å². The van der Waals surface area contributed by atoms with Gasteiger partial charge < -0.3 is 10.1 Å². The van der Waals surface area contributed by atoms with E-state index in [2.05, 4.69) is 20.6 Å². The Bertz CT molecular complexity index is 930. The second kappa shape index (κ2) is 5.87. The van der Waals surface area contributed by atoms with Gasteiger partial charge in [-0.2, -0.15) is 0 Å². The molecule has 0 spiro atoms. The van der Waals surface area contributed by atoms with E-state index in [9.17, 15) is 9.59 Å². The third kappa shape index (κ3) is 2.76. The monoisotopic (exact) mass is 314 g/mol. The lowest BCUT2D eigenvalue weighted by molar-refractivity contribution is -0.116. The second-order valence-electron chi connectivity index (χ2n) is 4.81. The summed E-state index contributed by atoms with van der Waals surface area (Å²) in [5.41, 5.74) is 0.608. The zero-order valence-corrected chi connectivity index (χ0v) is 12.6. The maximum absolute atomic E-state index is 12.3. The molecule has 3 rings (SSSR count). The van der Waals surface area contributed by atoms with E-state index in [1.165, 1.54) is 22.7 Å². The highest BCUT2D eigenvalue weighted by Crippen LogP contribution is 2.22. The zero-order chi connectivity index (χ0) is 16.4. The first-order valence-corrected chi connectivity index (χ1v) is 6.78. The van der Waals surface area contributed by atoms with E-state index in [1.54, 1.807) is 31.3 Å². The number of nitrogens with one attached hydrogen (secondary N) is 1. The van der Waals surface area contributed by atoms with Crippen LogP contribution in [0, 0.1) is 0 Å². The molecule has 0 saturated heterocycles. The highest BCUT2D eigenvalue weighted by molar-refractivity contribution is 5.92. The minimum absolute atomic E-state index is 0.125. The van der Waals surface area contributed by atoms with Crippen LogP contribution in [0.15, 0.2) is 35.4 Å². The molecule has 0 saturated carbocycles. The van der Waals surface area contributed by atoms with Crippen molar-refractivity contribution in [3.8, 4) is 5.75 Å². The fourth-order valence-corrected chi connectivity index (χ4v) is 2.15. The highest BCUT2D eigenvalue weighted by atomic mass is 16.5. The molecule has 2 aromatic heterocycles. The van der Waals surface area contributed by atoms with E-state index in [4.69, 9.17) is 4.74 Å². The minimum atomic E-state index is -0.418. The number of carbonyl (C=O) groups is 1. The molecule has 1 aromatic carbocycles. The Labute approximate surface area is 130 Å². The fraction of sp³-hybridized carbons (Fsp3) is 0.214. The van der Waals surface area contributed by atoms with Crippen LogP contribution in [0.2, 0.25) is 0 Å². The number of carbonyl (C=O) groups excluding carboxylic acids is 1. The van der Waals surface area contributed by atoms with Crippen molar-refractivity contribution in [2.24, 2.45) is 7.05 Å². The lowest BCUT2D eigenvalue weighted by Crippen LogP contribution is -2.28. The average Bonchev–Trinajstić information content (AvgIpc) is 2.92. The Morgan fingerprint density at radius 3 is 2.91 bits per heavy atom. The van der Waals surface area contributed by atoms with E-state index in [-0.39, 0.29) is 18.0 Å². The van der Waals surface area contributed by atoms with Gasteiger partial charge in [0.15, 0.2) is 11.2 Å². The first kappa shape index (κ1) is 14.7. The quantitative estimate of drug-likeness (QED) is 0.736. The number of hydrogen-bond donors (Lipinski definition) is 1. The summed E-state index contributed by atoms with van der Waals surface area (Å²) in [5.74, 6) is 0.164. The largest absolute Gasteiger partial charge is 0.495 e. The van der Waals surface area contributed by atoms with Crippen LogP contribution < -0.4 is 15.6 Å². The van der Waals surface area contributed by atoms with E-state index in [1.807, 2.05) is 0 Å². The van der Waals surface area contributed by atoms with Gasteiger partial charge in [0, 0.05) is 7.05 Å². The number of hydrogen-bond acceptors (Lipinski definition) is 6. The van der Waals surface area contributed by atoms with Crippen LogP contribution in [0.1, 0.15) is 0 Å². The Morgan fingerprint density at radius 1 is 1.35 bits per heavy atom. The molecule has 9 nitrogen and oxygen atoms in total. The maximum atomic E-state index is 12.3. The van der Waals surface area contributed by atoms with E-state index >= 15 is 0 Å². The van der Waals surface area contributed by atoms with E-state index in [0.717, 1.165) is 0 Å². The summed E-state index contributed by atoms with van der Waals surface area (Å²) in [6, 6.07) is 7.01. The summed E-state index contributed by atoms with van der Waals surface area (Å²) in [5, 5.41) is 10.2. The van der Waals surface area contributed by atoms with Crippen molar-refractivity contribution >= 4 is 22.8 Å². The predicted molar refractivity (Wildman–Crippen MR) is 82.2 cm³/mol. The zero-order valence-electron chi connectivity index (χ0n) is 12.6. The summed E-state index contributed by atoms with van der Waals surface area (Å²) in [7, 11) is 3.15. The third-order valence-electron chi connectivity index (χ3n) is 3.28. The van der Waals surface area contributed by atoms with Crippen molar-refractivity contribution in [1.29, 1.82) is 0 Å². The molecule has 2 heterocycles. The molecule has 1 N–H and O–H groups in total. The van der Waals surface area contributed by atoms with Crippen molar-refractivity contribution in [3.63, 3.8) is 0 Å². The normalized spacial score (nSPS) is 10.7. The number of para-hydroxylation sites is 2. The average molecular weight is 314 g/mol. The van der Waals surface area contributed by atoms with Crippen molar-refractivity contribution in [1.82, 2.24) is 24.5 Å². The van der Waals surface area contributed by atoms with Crippen molar-refractivity contribution in [2.45, 2.75) is 6.54 Å². The molecule has 3 aromatic rings. The maximum Gasteiger partial charge on any atom is 0.283 e. The number of anilines is 1. The summed E-state index contributed by atoms with van der Waals surface area (Å²) >= 11 is 0. The number of ether oxygens (including phenoxy) is 1. The SMILES string of the molecule is COc1ccccc1NC(=O)Cn1cnc2c(nnn2C)c1=O. The lowest BCUT2D eigenvalue weighted by Gasteiger charge is -2.10. The predicted octanol–water partition coefficient (Wildman–Crippen LogP) is 0.172. The van der Waals surface area contributed by atoms with Gasteiger partial charge in [0.1, 0.15) is 18.6 Å². The van der Waals surface area contributed by atoms with E-state index in [0.29, 0.717) is 17.1 Å². The van der Waals surface area contributed by atoms with Crippen molar-refractivity contribution < 1.29 is 9.53 Å². The van der Waals surface area contributed by atoms with Gasteiger partial charge in [-0.05, 0) is 12.1 Å². The molecular weight excluding hydrogens is 300 g/mol. The number of benzene rings is 1. The molecule has 0 unspecified atom stereocenters. The van der Waals surface area contributed by atoms with Gasteiger partial charge >= 0.3 is 0 Å². The number of rotatable bonds is 4. The molecule has 0 aliphatic carbocycles. The molecule has 1 amide bonds. The first-order valence-electron chi connectivity index (χ1n) is 6.78. The minimum Gasteiger partial charge on any atom is -0.495 e. The molecule has 0 atom stereocenters. The van der Waals surface area contributed by atoms with E-state index < -0.39 is 5.56 Å². The molecular formula is C14H14N6O3. The second-order valence-corrected chi connectivity index (χ2v) is 4.81. The van der Waals surface area contributed by atoms with Crippen LogP contribution in [-0.4, -0.2) is 37.6 Å². The molecule has 0 fully saturated rings. The topological polar surface area (TPSA) is 104 Å². The smallest absolute Gasteiger partial charge is 0.283 e. The van der Waals surface area contributed by atoms with Crippen molar-refractivity contribution in [2.75, 3.05) is 12.4 Å². The lowest BCUT2D eigenvalue weighted by atomic mass is 10.3. The number of nitrogens with zero attached hydrogens (tertiary/aromatic N) is 5. The van der Waals surface area contributed by atoms with Gasteiger partial charge in [-0.3, -0.25) is 14.2 Å². The number of aromatic nitrogens is 5. The van der Waals surface area contributed by atoms with Gasteiger partial charge in [-0.25, -0.2) is 9.67 Å². The number of aryl methyl sites for hydroxylation is 1. The molecule has 0 radical (unpaired) electrons. The molecule has 0 aliphatic rings. The molecule has 0 aliphatic heterocycles. The summed E-state index contributed by atoms with van der Waals surface area (Å²) < 4.78 is 7.75. The van der Waals surface area contributed by atoms with Crippen LogP contribution in [0.3, 0.4) is 0 Å². The number of methoxy groups -OCH3 is 1. The van der Waals surface area contributed by atoms with Gasteiger partial charge in [0.05, 0.1) is 12.8 Å². The van der Waals surface area contributed by atoms with Crippen molar-refractivity contribution in [3.05, 3.63) is 40.9 Å². The van der Waals surface area contributed by atoms with Crippen LogP contribution in [0.25, 0.3) is 11.2 Å². The van der Waals surface area contributed by atoms with Gasteiger partial charge in [-0.15, -0.1) is 5.10 Å². The van der Waals surface area contributed by atoms with Gasteiger partial charge in [-0.1, -0.05) is 17.3 Å². The Morgan fingerprint density at radius 2 is 2.13 bits per heavy atom. The summed E-state index contributed by atoms with van der Waals surface area (Å²) in [6.07, 6.45) is 1.30. The third-order valence-corrected chi connectivity index (χ3v) is 3.28. The number of amides is 1. The Kier molecular flexibility index (Phi) is 3.75. The van der Waals surface area contributed by atoms with Gasteiger partial charge in [0.2, 0.25) is 5.91 Å². The number of fused-ring (bicyclic) bond motifs is 1. The van der Waals surface area contributed by atoms with Crippen LogP contribution >= 0.6 is 0 Å². The highest BCUT2D eigenvalue weighted by Gasteiger charge is 2.13. The Balaban J connectivity index is 1.83. The Hall–Kier alpha value is -3.23. The summed E-state index contributed by atoms with van der Waals surface area (Å²) in [4.78, 5) is 28.5. The summed E-state index contributed by atoms with van der Waals surface area (Å²) in [6.45, 7) is -0.184. The molecule has 0 bridgehead atoms. The van der Waals surface area contributed by atoms with Gasteiger partial charge in [0.25, 0.3) is 5.56 Å². The first-order chi connectivity index (χ1) is 11.1. The molecule has 118 valence electrons.